The van der Waals surface area contributed by atoms with Crippen LogP contribution in [0.1, 0.15) is 54.2 Å². The lowest BCUT2D eigenvalue weighted by Gasteiger charge is -2.22. The molecule has 2 heteroatoms. The summed E-state index contributed by atoms with van der Waals surface area (Å²) < 4.78 is 0. The van der Waals surface area contributed by atoms with Gasteiger partial charge in [-0.25, -0.2) is 0 Å². The van der Waals surface area contributed by atoms with Gasteiger partial charge in [-0.15, -0.1) is 0 Å². The minimum absolute atomic E-state index is 0.135. The maximum Gasteiger partial charge on any atom is 0.164 e. The molecule has 1 rings (SSSR count). The van der Waals surface area contributed by atoms with Crippen molar-refractivity contribution in [3.8, 4) is 0 Å². The van der Waals surface area contributed by atoms with Gasteiger partial charge in [-0.1, -0.05) is 32.9 Å². The Morgan fingerprint density at radius 1 is 1.17 bits per heavy atom. The second kappa shape index (κ2) is 5.92. The summed E-state index contributed by atoms with van der Waals surface area (Å²) in [5.41, 5.74) is 4.60. The molecule has 18 heavy (non-hydrogen) atoms. The molecule has 1 aromatic rings. The number of aryl methyl sites for hydroxylation is 2. The smallest absolute Gasteiger partial charge is 0.164 e. The van der Waals surface area contributed by atoms with Gasteiger partial charge in [0.15, 0.2) is 5.78 Å². The summed E-state index contributed by atoms with van der Waals surface area (Å²) >= 11 is 1.72. The largest absolute Gasteiger partial charge is 0.294 e. The predicted molar refractivity (Wildman–Crippen MR) is 81.9 cm³/mol. The maximum absolute atomic E-state index is 12.2. The predicted octanol–water partition coefficient (Wildman–Crippen LogP) is 4.54. The van der Waals surface area contributed by atoms with Crippen LogP contribution in [-0.2, 0) is 5.41 Å². The fourth-order valence-electron chi connectivity index (χ4n) is 2.16. The average Bonchev–Trinajstić information content (AvgIpc) is 2.24. The van der Waals surface area contributed by atoms with Crippen LogP contribution in [0.15, 0.2) is 12.1 Å². The van der Waals surface area contributed by atoms with Gasteiger partial charge in [-0.3, -0.25) is 4.79 Å². The highest BCUT2D eigenvalue weighted by atomic mass is 32.2. The molecule has 100 valence electrons. The summed E-state index contributed by atoms with van der Waals surface area (Å²) in [4.78, 5) is 12.2. The highest BCUT2D eigenvalue weighted by Crippen LogP contribution is 2.27. The second-order valence-electron chi connectivity index (χ2n) is 5.90. The number of benzene rings is 1. The topological polar surface area (TPSA) is 17.1 Å². The molecule has 0 N–H and O–H groups in total. The second-order valence-corrected chi connectivity index (χ2v) is 6.89. The molecule has 0 radical (unpaired) electrons. The monoisotopic (exact) mass is 264 g/mol. The Bertz CT molecular complexity index is 418. The number of hydrogen-bond donors (Lipinski definition) is 0. The number of ketones is 1. The van der Waals surface area contributed by atoms with Crippen molar-refractivity contribution in [2.24, 2.45) is 0 Å². The number of hydrogen-bond acceptors (Lipinski definition) is 2. The number of rotatable bonds is 4. The van der Waals surface area contributed by atoms with Crippen molar-refractivity contribution < 1.29 is 4.79 Å². The molecule has 0 aliphatic heterocycles. The van der Waals surface area contributed by atoms with Gasteiger partial charge in [0.2, 0.25) is 0 Å². The van der Waals surface area contributed by atoms with Crippen molar-refractivity contribution in [3.05, 3.63) is 34.4 Å². The minimum atomic E-state index is 0.135. The molecule has 0 spiro atoms. The van der Waals surface area contributed by atoms with Crippen molar-refractivity contribution in [3.63, 3.8) is 0 Å². The van der Waals surface area contributed by atoms with Crippen LogP contribution < -0.4 is 0 Å². The van der Waals surface area contributed by atoms with Gasteiger partial charge in [0.25, 0.3) is 0 Å². The van der Waals surface area contributed by atoms with Gasteiger partial charge in [0.05, 0.1) is 0 Å². The van der Waals surface area contributed by atoms with Gasteiger partial charge in [-0.05, 0) is 42.2 Å². The van der Waals surface area contributed by atoms with E-state index in [1.807, 2.05) is 6.26 Å². The summed E-state index contributed by atoms with van der Waals surface area (Å²) in [7, 11) is 0. The Hall–Kier alpha value is -0.760. The molecule has 0 bridgehead atoms. The molecule has 0 aliphatic carbocycles. The summed E-state index contributed by atoms with van der Waals surface area (Å²) in [5.74, 6) is 1.18. The third kappa shape index (κ3) is 3.61. The van der Waals surface area contributed by atoms with E-state index in [4.69, 9.17) is 0 Å². The summed E-state index contributed by atoms with van der Waals surface area (Å²) in [6, 6.07) is 4.33. The highest BCUT2D eigenvalue weighted by molar-refractivity contribution is 7.98. The molecule has 1 aromatic carbocycles. The molecule has 0 saturated heterocycles. The molecule has 0 atom stereocenters. The fraction of sp³-hybridized carbons (Fsp3) is 0.562. The van der Waals surface area contributed by atoms with E-state index in [1.54, 1.807) is 11.8 Å². The summed E-state index contributed by atoms with van der Waals surface area (Å²) in [6.07, 6.45) is 2.67. The average molecular weight is 264 g/mol. The molecule has 0 aromatic heterocycles. The Kier molecular flexibility index (Phi) is 5.03. The molecule has 0 fully saturated rings. The van der Waals surface area contributed by atoms with E-state index in [0.29, 0.717) is 6.42 Å². The van der Waals surface area contributed by atoms with E-state index >= 15 is 0 Å². The zero-order valence-corrected chi connectivity index (χ0v) is 13.2. The first kappa shape index (κ1) is 15.3. The lowest BCUT2D eigenvalue weighted by atomic mass is 9.83. The molecule has 0 unspecified atom stereocenters. The third-order valence-corrected chi connectivity index (χ3v) is 3.82. The van der Waals surface area contributed by atoms with Crippen LogP contribution in [0.25, 0.3) is 0 Å². The number of carbonyl (C=O) groups is 1. The standard InChI is InChI=1S/C16H24OS/c1-11-9-13(16(3,4)5)10-12(2)15(11)14(17)7-8-18-6/h9-10H,7-8H2,1-6H3. The van der Waals surface area contributed by atoms with Crippen molar-refractivity contribution >= 4 is 17.5 Å². The van der Waals surface area contributed by atoms with Gasteiger partial charge < -0.3 is 0 Å². The number of Topliss-reactive ketones (excluding diaryl/α,β-unsaturated/α-hetero) is 1. The van der Waals surface area contributed by atoms with Crippen molar-refractivity contribution in [1.29, 1.82) is 0 Å². The molecular formula is C16H24OS. The quantitative estimate of drug-likeness (QED) is 0.743. The lowest BCUT2D eigenvalue weighted by molar-refractivity contribution is 0.0988. The van der Waals surface area contributed by atoms with E-state index in [9.17, 15) is 4.79 Å². The Morgan fingerprint density at radius 2 is 1.67 bits per heavy atom. The number of thioether (sulfide) groups is 1. The van der Waals surface area contributed by atoms with E-state index in [1.165, 1.54) is 5.56 Å². The van der Waals surface area contributed by atoms with E-state index < -0.39 is 0 Å². The maximum atomic E-state index is 12.2. The normalized spacial score (nSPS) is 11.7. The van der Waals surface area contributed by atoms with Crippen LogP contribution >= 0.6 is 11.8 Å². The lowest BCUT2D eigenvalue weighted by Crippen LogP contribution is -2.14. The van der Waals surface area contributed by atoms with E-state index in [0.717, 1.165) is 22.4 Å². The van der Waals surface area contributed by atoms with Crippen LogP contribution in [0, 0.1) is 13.8 Å². The summed E-state index contributed by atoms with van der Waals surface area (Å²) in [6.45, 7) is 10.7. The zero-order valence-electron chi connectivity index (χ0n) is 12.4. The van der Waals surface area contributed by atoms with Crippen LogP contribution in [0.2, 0.25) is 0 Å². The first-order chi connectivity index (χ1) is 8.27. The first-order valence-electron chi connectivity index (χ1n) is 6.41. The van der Waals surface area contributed by atoms with Crippen LogP contribution in [-0.4, -0.2) is 17.8 Å². The highest BCUT2D eigenvalue weighted by Gasteiger charge is 2.18. The first-order valence-corrected chi connectivity index (χ1v) is 7.80. The molecule has 0 heterocycles. The Labute approximate surface area is 115 Å². The number of carbonyl (C=O) groups excluding carboxylic acids is 1. The minimum Gasteiger partial charge on any atom is -0.294 e. The molecule has 0 saturated carbocycles. The molecule has 1 nitrogen and oxygen atoms in total. The Morgan fingerprint density at radius 3 is 2.06 bits per heavy atom. The third-order valence-electron chi connectivity index (χ3n) is 3.21. The van der Waals surface area contributed by atoms with Gasteiger partial charge in [-0.2, -0.15) is 11.8 Å². The summed E-state index contributed by atoms with van der Waals surface area (Å²) in [5, 5.41) is 0. The van der Waals surface area contributed by atoms with Crippen molar-refractivity contribution in [2.75, 3.05) is 12.0 Å². The molecule has 0 aliphatic rings. The molecule has 0 amide bonds. The van der Waals surface area contributed by atoms with Crippen molar-refractivity contribution in [2.45, 2.75) is 46.5 Å². The van der Waals surface area contributed by atoms with Gasteiger partial charge in [0.1, 0.15) is 0 Å². The van der Waals surface area contributed by atoms with E-state index in [-0.39, 0.29) is 11.2 Å². The SMILES string of the molecule is CSCCC(=O)c1c(C)cc(C(C)(C)C)cc1C. The van der Waals surface area contributed by atoms with Crippen LogP contribution in [0.5, 0.6) is 0 Å². The van der Waals surface area contributed by atoms with Gasteiger partial charge >= 0.3 is 0 Å². The van der Waals surface area contributed by atoms with Crippen molar-refractivity contribution in [1.82, 2.24) is 0 Å². The van der Waals surface area contributed by atoms with E-state index in [2.05, 4.69) is 46.8 Å². The fourth-order valence-corrected chi connectivity index (χ4v) is 2.55. The molecular weight excluding hydrogens is 240 g/mol. The zero-order chi connectivity index (χ0) is 13.9. The van der Waals surface area contributed by atoms with Crippen LogP contribution in [0.3, 0.4) is 0 Å². The Balaban J connectivity index is 3.13. The van der Waals surface area contributed by atoms with Gasteiger partial charge in [0, 0.05) is 17.7 Å². The van der Waals surface area contributed by atoms with Crippen LogP contribution in [0.4, 0.5) is 0 Å².